The number of rotatable bonds is 3. The van der Waals surface area contributed by atoms with Crippen molar-refractivity contribution in [2.75, 3.05) is 5.32 Å². The number of aliphatic hydroxyl groups excluding tert-OH is 1. The van der Waals surface area contributed by atoms with Gasteiger partial charge in [-0.3, -0.25) is 5.32 Å². The van der Waals surface area contributed by atoms with Gasteiger partial charge >= 0.3 is 6.09 Å². The summed E-state index contributed by atoms with van der Waals surface area (Å²) in [6, 6.07) is 8.77. The Hall–Kier alpha value is -1.92. The topological polar surface area (TPSA) is 71.5 Å². The molecule has 0 aliphatic carbocycles. The number of amides is 1. The Morgan fingerprint density at radius 2 is 2.11 bits per heavy atom. The van der Waals surface area contributed by atoms with Gasteiger partial charge in [0.25, 0.3) is 0 Å². The molecule has 0 fully saturated rings. The molecule has 2 aromatic rings. The first kappa shape index (κ1) is 13.5. The second kappa shape index (κ2) is 5.81. The summed E-state index contributed by atoms with van der Waals surface area (Å²) in [6.07, 6.45) is -1.20. The number of hydrogen-bond acceptors (Lipinski definition) is 5. The molecule has 2 N–H and O–H groups in total. The zero-order valence-corrected chi connectivity index (χ0v) is 11.4. The molecule has 2 rings (SSSR count). The van der Waals surface area contributed by atoms with Crippen LogP contribution in [-0.4, -0.2) is 16.2 Å². The Labute approximate surface area is 114 Å². The van der Waals surface area contributed by atoms with Crippen LogP contribution in [0.5, 0.6) is 5.75 Å². The van der Waals surface area contributed by atoms with Gasteiger partial charge < -0.3 is 9.84 Å². The Kier molecular flexibility index (Phi) is 4.13. The number of nitrogens with one attached hydrogen (secondary N) is 1. The average molecular weight is 278 g/mol. The molecule has 0 spiro atoms. The maximum absolute atomic E-state index is 11.6. The monoisotopic (exact) mass is 278 g/mol. The first-order valence-corrected chi connectivity index (χ1v) is 6.57. The van der Waals surface area contributed by atoms with Gasteiger partial charge in [-0.15, -0.1) is 0 Å². The normalized spacial score (nSPS) is 11.9. The summed E-state index contributed by atoms with van der Waals surface area (Å²) >= 11 is 1.23. The highest BCUT2D eigenvalue weighted by Crippen LogP contribution is 2.28. The molecule has 1 unspecified atom stereocenters. The molecule has 0 bridgehead atoms. The highest BCUT2D eigenvalue weighted by Gasteiger charge is 2.14. The number of carbonyl (C=O) groups is 1. The third kappa shape index (κ3) is 3.52. The van der Waals surface area contributed by atoms with Crippen molar-refractivity contribution in [3.63, 3.8) is 0 Å². The van der Waals surface area contributed by atoms with E-state index in [1.807, 2.05) is 6.07 Å². The predicted octanol–water partition coefficient (Wildman–Crippen LogP) is 3.12. The van der Waals surface area contributed by atoms with Crippen LogP contribution in [0.3, 0.4) is 0 Å². The number of hydrogen-bond donors (Lipinski definition) is 2. The average Bonchev–Trinajstić information content (AvgIpc) is 2.71. The van der Waals surface area contributed by atoms with Crippen molar-refractivity contribution in [3.05, 3.63) is 40.9 Å². The van der Waals surface area contributed by atoms with E-state index in [4.69, 9.17) is 4.74 Å². The Morgan fingerprint density at radius 1 is 1.42 bits per heavy atom. The number of anilines is 1. The highest BCUT2D eigenvalue weighted by molar-refractivity contribution is 7.16. The molecule has 1 aromatic heterocycles. The van der Waals surface area contributed by atoms with Gasteiger partial charge in [0.2, 0.25) is 0 Å². The van der Waals surface area contributed by atoms with Gasteiger partial charge in [-0.05, 0) is 26.0 Å². The lowest BCUT2D eigenvalue weighted by molar-refractivity contribution is 0.202. The van der Waals surface area contributed by atoms with Gasteiger partial charge in [-0.25, -0.2) is 9.78 Å². The fourth-order valence-electron chi connectivity index (χ4n) is 1.56. The van der Waals surface area contributed by atoms with E-state index in [-0.39, 0.29) is 0 Å². The van der Waals surface area contributed by atoms with Crippen LogP contribution in [0.25, 0.3) is 0 Å². The van der Waals surface area contributed by atoms with Crippen LogP contribution < -0.4 is 10.1 Å². The molecule has 0 saturated heterocycles. The Balaban J connectivity index is 2.01. The molecule has 1 amide bonds. The number of nitrogens with zero attached hydrogens (tertiary/aromatic N) is 1. The van der Waals surface area contributed by atoms with Gasteiger partial charge in [-0.1, -0.05) is 29.5 Å². The first-order valence-electron chi connectivity index (χ1n) is 5.75. The summed E-state index contributed by atoms with van der Waals surface area (Å²) in [7, 11) is 0. The molecule has 0 aliphatic heterocycles. The summed E-state index contributed by atoms with van der Waals surface area (Å²) in [5.74, 6) is 0.462. The Morgan fingerprint density at radius 3 is 2.68 bits per heavy atom. The highest BCUT2D eigenvalue weighted by atomic mass is 32.1. The van der Waals surface area contributed by atoms with Crippen molar-refractivity contribution in [2.24, 2.45) is 0 Å². The second-order valence-electron chi connectivity index (χ2n) is 3.97. The summed E-state index contributed by atoms with van der Waals surface area (Å²) in [5.41, 5.74) is 0.704. The summed E-state index contributed by atoms with van der Waals surface area (Å²) < 4.78 is 5.08. The number of ether oxygens (including phenoxy) is 1. The lowest BCUT2D eigenvalue weighted by Crippen LogP contribution is -2.16. The first-order chi connectivity index (χ1) is 9.06. The van der Waals surface area contributed by atoms with E-state index in [2.05, 4.69) is 10.3 Å². The van der Waals surface area contributed by atoms with Crippen LogP contribution >= 0.6 is 11.3 Å². The van der Waals surface area contributed by atoms with Gasteiger partial charge in [0, 0.05) is 0 Å². The second-order valence-corrected chi connectivity index (χ2v) is 5.00. The van der Waals surface area contributed by atoms with Crippen LogP contribution in [-0.2, 0) is 0 Å². The van der Waals surface area contributed by atoms with Crippen LogP contribution in [0.1, 0.15) is 23.6 Å². The smallest absolute Gasteiger partial charge is 0.410 e. The molecular weight excluding hydrogens is 264 g/mol. The quantitative estimate of drug-likeness (QED) is 0.905. The number of thiazole rings is 1. The van der Waals surface area contributed by atoms with Crippen molar-refractivity contribution >= 4 is 22.6 Å². The van der Waals surface area contributed by atoms with Crippen molar-refractivity contribution in [1.82, 2.24) is 4.98 Å². The van der Waals surface area contributed by atoms with Crippen LogP contribution in [0, 0.1) is 6.92 Å². The largest absolute Gasteiger partial charge is 0.418 e. The maximum atomic E-state index is 11.6. The van der Waals surface area contributed by atoms with Gasteiger partial charge in [-0.2, -0.15) is 0 Å². The zero-order chi connectivity index (χ0) is 13.8. The van der Waals surface area contributed by atoms with Crippen LogP contribution in [0.2, 0.25) is 0 Å². The van der Waals surface area contributed by atoms with E-state index in [9.17, 15) is 9.90 Å². The van der Waals surface area contributed by atoms with Crippen molar-refractivity contribution in [3.8, 4) is 5.75 Å². The molecule has 1 atom stereocenters. The van der Waals surface area contributed by atoms with Crippen molar-refractivity contribution in [2.45, 2.75) is 20.0 Å². The molecule has 0 saturated carbocycles. The molecule has 1 aromatic carbocycles. The standard InChI is InChI=1S/C13H14N2O3S/c1-8-11(9(2)16)19-12(14-8)15-13(17)18-10-6-4-3-5-7-10/h3-7,9,16H,1-2H3,(H,14,15,17). The molecule has 6 heteroatoms. The van der Waals surface area contributed by atoms with Crippen LogP contribution in [0.15, 0.2) is 30.3 Å². The third-order valence-corrected chi connectivity index (χ3v) is 3.62. The number of aromatic nitrogens is 1. The van der Waals surface area contributed by atoms with E-state index in [0.29, 0.717) is 16.6 Å². The van der Waals surface area contributed by atoms with Crippen molar-refractivity contribution in [1.29, 1.82) is 0 Å². The minimum Gasteiger partial charge on any atom is -0.410 e. The zero-order valence-electron chi connectivity index (χ0n) is 10.6. The van der Waals surface area contributed by atoms with E-state index in [1.165, 1.54) is 11.3 Å². The number of aryl methyl sites for hydroxylation is 1. The fourth-order valence-corrected chi connectivity index (χ4v) is 2.45. The molecule has 5 nitrogen and oxygen atoms in total. The number of carbonyl (C=O) groups excluding carboxylic acids is 1. The lowest BCUT2D eigenvalue weighted by atomic mass is 10.3. The number of benzene rings is 1. The molecule has 1 heterocycles. The summed E-state index contributed by atoms with van der Waals surface area (Å²) in [6.45, 7) is 3.44. The lowest BCUT2D eigenvalue weighted by Gasteiger charge is -2.03. The maximum Gasteiger partial charge on any atom is 0.418 e. The number of aliphatic hydroxyl groups is 1. The molecule has 0 aliphatic rings. The summed E-state index contributed by atoms with van der Waals surface area (Å²) in [4.78, 5) is 16.5. The number of para-hydroxylation sites is 1. The predicted molar refractivity (Wildman–Crippen MR) is 73.6 cm³/mol. The fraction of sp³-hybridized carbons (Fsp3) is 0.231. The SMILES string of the molecule is Cc1nc(NC(=O)Oc2ccccc2)sc1C(C)O. The molecular formula is C13H14N2O3S. The van der Waals surface area contributed by atoms with E-state index in [1.54, 1.807) is 38.1 Å². The minimum absolute atomic E-state index is 0.411. The van der Waals surface area contributed by atoms with Crippen LogP contribution in [0.4, 0.5) is 9.93 Å². The van der Waals surface area contributed by atoms with Crippen molar-refractivity contribution < 1.29 is 14.6 Å². The van der Waals surface area contributed by atoms with E-state index < -0.39 is 12.2 Å². The van der Waals surface area contributed by atoms with E-state index in [0.717, 1.165) is 4.88 Å². The summed E-state index contributed by atoms with van der Waals surface area (Å²) in [5, 5.41) is 12.5. The molecule has 100 valence electrons. The van der Waals surface area contributed by atoms with Gasteiger partial charge in [0.1, 0.15) is 5.75 Å². The van der Waals surface area contributed by atoms with Gasteiger partial charge in [0.05, 0.1) is 16.7 Å². The molecule has 19 heavy (non-hydrogen) atoms. The van der Waals surface area contributed by atoms with E-state index >= 15 is 0 Å². The van der Waals surface area contributed by atoms with Gasteiger partial charge in [0.15, 0.2) is 5.13 Å². The third-order valence-electron chi connectivity index (χ3n) is 2.37. The Bertz CT molecular complexity index is 567. The molecule has 0 radical (unpaired) electrons. The minimum atomic E-state index is -0.600.